The van der Waals surface area contributed by atoms with Crippen LogP contribution in [0.15, 0.2) is 24.3 Å². The molecule has 1 aromatic carbocycles. The van der Waals surface area contributed by atoms with Crippen LogP contribution in [0.25, 0.3) is 0 Å². The van der Waals surface area contributed by atoms with E-state index in [1.54, 1.807) is 24.3 Å². The molecule has 0 bridgehead atoms. The first kappa shape index (κ1) is 15.4. The molecule has 4 heteroatoms. The molecule has 0 spiro atoms. The van der Waals surface area contributed by atoms with Gasteiger partial charge >= 0.3 is 0 Å². The summed E-state index contributed by atoms with van der Waals surface area (Å²) in [6, 6.07) is 9.26. The highest BCUT2D eigenvalue weighted by atomic mass is 16.5. The molecule has 1 heterocycles. The molecule has 4 nitrogen and oxygen atoms in total. The summed E-state index contributed by atoms with van der Waals surface area (Å²) >= 11 is 0. The average Bonchev–Trinajstić information content (AvgIpc) is 2.78. The second kappa shape index (κ2) is 7.68. The van der Waals surface area contributed by atoms with Crippen molar-refractivity contribution < 1.29 is 9.53 Å². The minimum absolute atomic E-state index is 0.0631. The van der Waals surface area contributed by atoms with Gasteiger partial charge in [-0.15, -0.1) is 0 Å². The van der Waals surface area contributed by atoms with E-state index in [2.05, 4.69) is 13.0 Å². The summed E-state index contributed by atoms with van der Waals surface area (Å²) in [5.74, 6) is 0.693. The molecule has 0 radical (unpaired) electrons. The van der Waals surface area contributed by atoms with Crippen LogP contribution in [0.1, 0.15) is 44.6 Å². The second-order valence-corrected chi connectivity index (χ2v) is 5.42. The summed E-state index contributed by atoms with van der Waals surface area (Å²) in [6.45, 7) is 3.05. The van der Waals surface area contributed by atoms with Gasteiger partial charge in [0.25, 0.3) is 5.91 Å². The van der Waals surface area contributed by atoms with Gasteiger partial charge in [0, 0.05) is 12.6 Å². The number of amides is 1. The molecule has 1 fully saturated rings. The van der Waals surface area contributed by atoms with Gasteiger partial charge in [-0.1, -0.05) is 19.8 Å². The third kappa shape index (κ3) is 4.22. The Morgan fingerprint density at radius 3 is 2.76 bits per heavy atom. The van der Waals surface area contributed by atoms with Crippen LogP contribution in [0.5, 0.6) is 5.75 Å². The standard InChI is InChI=1S/C17H22N2O2/c1-2-15-6-4-3-5-11-19(15)17(20)13-21-16-9-7-14(12-18)8-10-16/h7-10,15H,2-6,11,13H2,1H3. The van der Waals surface area contributed by atoms with Crippen LogP contribution < -0.4 is 4.74 Å². The molecule has 1 aromatic rings. The van der Waals surface area contributed by atoms with E-state index in [1.165, 1.54) is 12.8 Å². The van der Waals surface area contributed by atoms with Crippen molar-refractivity contribution in [2.45, 2.75) is 45.1 Å². The summed E-state index contributed by atoms with van der Waals surface area (Å²) < 4.78 is 5.55. The van der Waals surface area contributed by atoms with E-state index in [9.17, 15) is 4.79 Å². The number of likely N-dealkylation sites (tertiary alicyclic amines) is 1. The van der Waals surface area contributed by atoms with Crippen molar-refractivity contribution in [3.05, 3.63) is 29.8 Å². The summed E-state index contributed by atoms with van der Waals surface area (Å²) in [4.78, 5) is 14.3. The highest BCUT2D eigenvalue weighted by Crippen LogP contribution is 2.19. The normalized spacial score (nSPS) is 18.7. The summed E-state index contributed by atoms with van der Waals surface area (Å²) in [5, 5.41) is 8.75. The van der Waals surface area contributed by atoms with E-state index in [0.29, 0.717) is 17.4 Å². The molecular weight excluding hydrogens is 264 g/mol. The van der Waals surface area contributed by atoms with Crippen molar-refractivity contribution >= 4 is 5.91 Å². The highest BCUT2D eigenvalue weighted by molar-refractivity contribution is 5.78. The number of hydrogen-bond donors (Lipinski definition) is 0. The largest absolute Gasteiger partial charge is 0.484 e. The minimum atomic E-state index is 0.0631. The Bertz CT molecular complexity index is 505. The molecule has 1 aliphatic heterocycles. The molecule has 1 amide bonds. The van der Waals surface area contributed by atoms with Crippen LogP contribution in [0.4, 0.5) is 0 Å². The van der Waals surface area contributed by atoms with Crippen molar-refractivity contribution in [1.29, 1.82) is 5.26 Å². The summed E-state index contributed by atoms with van der Waals surface area (Å²) in [7, 11) is 0. The maximum atomic E-state index is 12.4. The van der Waals surface area contributed by atoms with Crippen LogP contribution in [0, 0.1) is 11.3 Å². The Labute approximate surface area is 126 Å². The number of carbonyl (C=O) groups excluding carboxylic acids is 1. The highest BCUT2D eigenvalue weighted by Gasteiger charge is 2.24. The first-order chi connectivity index (χ1) is 10.2. The van der Waals surface area contributed by atoms with Gasteiger partial charge in [0.2, 0.25) is 0 Å². The molecule has 0 aliphatic carbocycles. The minimum Gasteiger partial charge on any atom is -0.484 e. The molecule has 1 saturated heterocycles. The third-order valence-corrected chi connectivity index (χ3v) is 4.01. The maximum absolute atomic E-state index is 12.4. The molecule has 1 unspecified atom stereocenters. The molecular formula is C17H22N2O2. The quantitative estimate of drug-likeness (QED) is 0.854. The number of hydrogen-bond acceptors (Lipinski definition) is 3. The number of carbonyl (C=O) groups is 1. The zero-order valence-corrected chi connectivity index (χ0v) is 12.5. The second-order valence-electron chi connectivity index (χ2n) is 5.42. The van der Waals surface area contributed by atoms with Gasteiger partial charge in [-0.3, -0.25) is 4.79 Å². The summed E-state index contributed by atoms with van der Waals surface area (Å²) in [5.41, 5.74) is 0.590. The Kier molecular flexibility index (Phi) is 5.62. The predicted octanol–water partition coefficient (Wildman–Crippen LogP) is 3.12. The number of ether oxygens (including phenoxy) is 1. The van der Waals surface area contributed by atoms with Gasteiger partial charge in [-0.05, 0) is 43.5 Å². The fraction of sp³-hybridized carbons (Fsp3) is 0.529. The average molecular weight is 286 g/mol. The Hall–Kier alpha value is -2.02. The SMILES string of the molecule is CCC1CCCCCN1C(=O)COc1ccc(C#N)cc1. The predicted molar refractivity (Wildman–Crippen MR) is 80.9 cm³/mol. The topological polar surface area (TPSA) is 53.3 Å². The van der Waals surface area contributed by atoms with Crippen LogP contribution in [0.2, 0.25) is 0 Å². The Morgan fingerprint density at radius 1 is 1.33 bits per heavy atom. The van der Waals surface area contributed by atoms with Crippen LogP contribution in [-0.4, -0.2) is 30.0 Å². The van der Waals surface area contributed by atoms with Crippen LogP contribution >= 0.6 is 0 Å². The molecule has 0 N–H and O–H groups in total. The van der Waals surface area contributed by atoms with E-state index < -0.39 is 0 Å². The van der Waals surface area contributed by atoms with Gasteiger partial charge in [-0.25, -0.2) is 0 Å². The molecule has 1 aliphatic rings. The first-order valence-corrected chi connectivity index (χ1v) is 7.67. The van der Waals surface area contributed by atoms with E-state index in [4.69, 9.17) is 10.00 Å². The van der Waals surface area contributed by atoms with Gasteiger partial charge in [0.15, 0.2) is 6.61 Å². The lowest BCUT2D eigenvalue weighted by atomic mass is 10.1. The smallest absolute Gasteiger partial charge is 0.260 e. The Balaban J connectivity index is 1.91. The Morgan fingerprint density at radius 2 is 2.10 bits per heavy atom. The van der Waals surface area contributed by atoms with E-state index in [1.807, 2.05) is 4.90 Å². The van der Waals surface area contributed by atoms with Crippen LogP contribution in [-0.2, 0) is 4.79 Å². The lowest BCUT2D eigenvalue weighted by Gasteiger charge is -2.29. The third-order valence-electron chi connectivity index (χ3n) is 4.01. The van der Waals surface area contributed by atoms with Crippen LogP contribution in [0.3, 0.4) is 0 Å². The maximum Gasteiger partial charge on any atom is 0.260 e. The van der Waals surface area contributed by atoms with E-state index in [0.717, 1.165) is 25.8 Å². The van der Waals surface area contributed by atoms with E-state index in [-0.39, 0.29) is 12.5 Å². The zero-order chi connectivity index (χ0) is 15.1. The number of nitriles is 1. The summed E-state index contributed by atoms with van der Waals surface area (Å²) in [6.07, 6.45) is 5.59. The van der Waals surface area contributed by atoms with Gasteiger partial charge in [-0.2, -0.15) is 5.26 Å². The molecule has 0 saturated carbocycles. The van der Waals surface area contributed by atoms with Crippen molar-refractivity contribution in [3.63, 3.8) is 0 Å². The van der Waals surface area contributed by atoms with Crippen molar-refractivity contribution in [2.75, 3.05) is 13.2 Å². The van der Waals surface area contributed by atoms with Crippen molar-refractivity contribution in [1.82, 2.24) is 4.90 Å². The first-order valence-electron chi connectivity index (χ1n) is 7.67. The lowest BCUT2D eigenvalue weighted by Crippen LogP contribution is -2.42. The molecule has 0 aromatic heterocycles. The van der Waals surface area contributed by atoms with Gasteiger partial charge in [0.05, 0.1) is 11.6 Å². The zero-order valence-electron chi connectivity index (χ0n) is 12.5. The lowest BCUT2D eigenvalue weighted by molar-refractivity contribution is -0.135. The van der Waals surface area contributed by atoms with Crippen molar-refractivity contribution in [3.8, 4) is 11.8 Å². The van der Waals surface area contributed by atoms with Gasteiger partial charge < -0.3 is 9.64 Å². The fourth-order valence-corrected chi connectivity index (χ4v) is 2.78. The molecule has 21 heavy (non-hydrogen) atoms. The van der Waals surface area contributed by atoms with Crippen molar-refractivity contribution in [2.24, 2.45) is 0 Å². The molecule has 2 rings (SSSR count). The number of nitrogens with zero attached hydrogens (tertiary/aromatic N) is 2. The molecule has 112 valence electrons. The fourth-order valence-electron chi connectivity index (χ4n) is 2.78. The number of rotatable bonds is 4. The van der Waals surface area contributed by atoms with Gasteiger partial charge in [0.1, 0.15) is 5.75 Å². The monoisotopic (exact) mass is 286 g/mol. The number of benzene rings is 1. The molecule has 1 atom stereocenters. The van der Waals surface area contributed by atoms with E-state index >= 15 is 0 Å².